The summed E-state index contributed by atoms with van der Waals surface area (Å²) >= 11 is 0. The molecule has 2 aromatic rings. The van der Waals surface area contributed by atoms with Gasteiger partial charge in [0.05, 0.1) is 19.1 Å². The lowest BCUT2D eigenvalue weighted by molar-refractivity contribution is -0.130. The number of ether oxygens (including phenoxy) is 1. The number of amides is 1. The number of nitrogens with zero attached hydrogens (tertiary/aromatic N) is 1. The SMILES string of the molecule is COc1ccc(C2CCN(C(C)c3ccccc3)C2=O)cc1. The fourth-order valence-electron chi connectivity index (χ4n) is 3.14. The van der Waals surface area contributed by atoms with E-state index in [4.69, 9.17) is 4.74 Å². The molecule has 0 aromatic heterocycles. The zero-order chi connectivity index (χ0) is 15.5. The first-order valence-electron chi connectivity index (χ1n) is 7.70. The van der Waals surface area contributed by atoms with Gasteiger partial charge in [0.15, 0.2) is 0 Å². The molecule has 114 valence electrons. The van der Waals surface area contributed by atoms with Crippen LogP contribution in [0, 0.1) is 0 Å². The molecule has 1 aliphatic rings. The first kappa shape index (κ1) is 14.6. The molecule has 1 aliphatic heterocycles. The molecule has 2 aromatic carbocycles. The number of carbonyl (C=O) groups is 1. The van der Waals surface area contributed by atoms with E-state index >= 15 is 0 Å². The molecule has 1 heterocycles. The van der Waals surface area contributed by atoms with Crippen LogP contribution in [-0.4, -0.2) is 24.5 Å². The molecule has 3 rings (SSSR count). The van der Waals surface area contributed by atoms with E-state index in [-0.39, 0.29) is 17.9 Å². The standard InChI is InChI=1S/C19H21NO2/c1-14(15-6-4-3-5-7-15)20-13-12-18(19(20)21)16-8-10-17(22-2)11-9-16/h3-11,14,18H,12-13H2,1-2H3. The first-order chi connectivity index (χ1) is 10.7. The van der Waals surface area contributed by atoms with Crippen LogP contribution in [0.1, 0.15) is 36.4 Å². The minimum atomic E-state index is -0.0305. The molecule has 3 heteroatoms. The van der Waals surface area contributed by atoms with Crippen LogP contribution in [0.3, 0.4) is 0 Å². The van der Waals surface area contributed by atoms with Gasteiger partial charge in [0.25, 0.3) is 0 Å². The Bertz CT molecular complexity index is 636. The van der Waals surface area contributed by atoms with Crippen molar-refractivity contribution in [2.45, 2.75) is 25.3 Å². The maximum atomic E-state index is 12.8. The molecule has 0 N–H and O–H groups in total. The van der Waals surface area contributed by atoms with Crippen molar-refractivity contribution in [1.29, 1.82) is 0 Å². The summed E-state index contributed by atoms with van der Waals surface area (Å²) in [5, 5.41) is 0. The van der Waals surface area contributed by atoms with Crippen molar-refractivity contribution in [3.05, 3.63) is 65.7 Å². The van der Waals surface area contributed by atoms with Crippen molar-refractivity contribution in [2.75, 3.05) is 13.7 Å². The molecule has 0 spiro atoms. The average molecular weight is 295 g/mol. The number of carbonyl (C=O) groups excluding carboxylic acids is 1. The van der Waals surface area contributed by atoms with E-state index in [0.29, 0.717) is 0 Å². The highest BCUT2D eigenvalue weighted by Crippen LogP contribution is 2.34. The van der Waals surface area contributed by atoms with Gasteiger partial charge in [0.2, 0.25) is 5.91 Å². The Balaban J connectivity index is 1.77. The lowest BCUT2D eigenvalue weighted by atomic mass is 9.97. The van der Waals surface area contributed by atoms with E-state index in [0.717, 1.165) is 24.3 Å². The number of methoxy groups -OCH3 is 1. The molecule has 22 heavy (non-hydrogen) atoms. The first-order valence-corrected chi connectivity index (χ1v) is 7.70. The van der Waals surface area contributed by atoms with Gasteiger partial charge in [-0.15, -0.1) is 0 Å². The molecule has 3 nitrogen and oxygen atoms in total. The predicted octanol–water partition coefficient (Wildman–Crippen LogP) is 3.77. The van der Waals surface area contributed by atoms with Crippen LogP contribution in [0.25, 0.3) is 0 Å². The van der Waals surface area contributed by atoms with E-state index in [9.17, 15) is 4.79 Å². The average Bonchev–Trinajstić information content (AvgIpc) is 2.96. The van der Waals surface area contributed by atoms with Gasteiger partial charge in [0.1, 0.15) is 5.75 Å². The van der Waals surface area contributed by atoms with Gasteiger partial charge in [-0.2, -0.15) is 0 Å². The Labute approximate surface area is 131 Å². The maximum absolute atomic E-state index is 12.8. The Morgan fingerprint density at radius 1 is 1.09 bits per heavy atom. The van der Waals surface area contributed by atoms with Gasteiger partial charge in [0, 0.05) is 6.54 Å². The summed E-state index contributed by atoms with van der Waals surface area (Å²) in [6, 6.07) is 18.2. The second-order valence-electron chi connectivity index (χ2n) is 5.73. The van der Waals surface area contributed by atoms with E-state index in [1.807, 2.05) is 47.4 Å². The van der Waals surface area contributed by atoms with Crippen LogP contribution in [0.5, 0.6) is 5.75 Å². The van der Waals surface area contributed by atoms with Crippen LogP contribution in [0.4, 0.5) is 0 Å². The molecule has 0 saturated carbocycles. The van der Waals surface area contributed by atoms with Crippen LogP contribution >= 0.6 is 0 Å². The number of hydrogen-bond acceptors (Lipinski definition) is 2. The van der Waals surface area contributed by atoms with Crippen LogP contribution in [0.15, 0.2) is 54.6 Å². The highest BCUT2D eigenvalue weighted by atomic mass is 16.5. The number of rotatable bonds is 4. The van der Waals surface area contributed by atoms with Crippen molar-refractivity contribution in [1.82, 2.24) is 4.90 Å². The summed E-state index contributed by atoms with van der Waals surface area (Å²) in [6.07, 6.45) is 0.877. The van der Waals surface area contributed by atoms with E-state index < -0.39 is 0 Å². The molecule has 0 aliphatic carbocycles. The van der Waals surface area contributed by atoms with Gasteiger partial charge in [-0.05, 0) is 36.6 Å². The summed E-state index contributed by atoms with van der Waals surface area (Å²) in [7, 11) is 1.65. The van der Waals surface area contributed by atoms with Crippen LogP contribution in [-0.2, 0) is 4.79 Å². The number of likely N-dealkylation sites (tertiary alicyclic amines) is 1. The lowest BCUT2D eigenvalue weighted by Crippen LogP contribution is -2.29. The summed E-state index contributed by atoms with van der Waals surface area (Å²) < 4.78 is 5.18. The molecular formula is C19H21NO2. The fraction of sp³-hybridized carbons (Fsp3) is 0.316. The third-order valence-corrected chi connectivity index (χ3v) is 4.51. The maximum Gasteiger partial charge on any atom is 0.230 e. The van der Waals surface area contributed by atoms with Gasteiger partial charge in [-0.25, -0.2) is 0 Å². The van der Waals surface area contributed by atoms with E-state index in [1.165, 1.54) is 5.56 Å². The molecule has 1 fully saturated rings. The van der Waals surface area contributed by atoms with Gasteiger partial charge < -0.3 is 9.64 Å². The quantitative estimate of drug-likeness (QED) is 0.859. The van der Waals surface area contributed by atoms with Crippen molar-refractivity contribution in [3.8, 4) is 5.75 Å². The van der Waals surface area contributed by atoms with Crippen LogP contribution in [0.2, 0.25) is 0 Å². The van der Waals surface area contributed by atoms with E-state index in [2.05, 4.69) is 19.1 Å². The van der Waals surface area contributed by atoms with Crippen LogP contribution < -0.4 is 4.74 Å². The second-order valence-corrected chi connectivity index (χ2v) is 5.73. The zero-order valence-corrected chi connectivity index (χ0v) is 13.0. The van der Waals surface area contributed by atoms with Crippen molar-refractivity contribution >= 4 is 5.91 Å². The smallest absolute Gasteiger partial charge is 0.230 e. The lowest BCUT2D eigenvalue weighted by Gasteiger charge is -2.25. The largest absolute Gasteiger partial charge is 0.497 e. The Kier molecular flexibility index (Phi) is 4.14. The third kappa shape index (κ3) is 2.71. The van der Waals surface area contributed by atoms with Crippen molar-refractivity contribution < 1.29 is 9.53 Å². The van der Waals surface area contributed by atoms with Gasteiger partial charge in [-0.3, -0.25) is 4.79 Å². The van der Waals surface area contributed by atoms with Crippen molar-refractivity contribution in [3.63, 3.8) is 0 Å². The Morgan fingerprint density at radius 3 is 2.41 bits per heavy atom. The molecule has 1 amide bonds. The Morgan fingerprint density at radius 2 is 1.77 bits per heavy atom. The molecule has 1 saturated heterocycles. The molecule has 2 atom stereocenters. The summed E-state index contributed by atoms with van der Waals surface area (Å²) in [5.74, 6) is 1.02. The van der Waals surface area contributed by atoms with Crippen molar-refractivity contribution in [2.24, 2.45) is 0 Å². The molecular weight excluding hydrogens is 274 g/mol. The molecule has 0 radical (unpaired) electrons. The number of hydrogen-bond donors (Lipinski definition) is 0. The monoisotopic (exact) mass is 295 g/mol. The minimum Gasteiger partial charge on any atom is -0.497 e. The normalized spacial score (nSPS) is 19.3. The predicted molar refractivity (Wildman–Crippen MR) is 86.9 cm³/mol. The molecule has 0 bridgehead atoms. The summed E-state index contributed by atoms with van der Waals surface area (Å²) in [5.41, 5.74) is 2.26. The Hall–Kier alpha value is -2.29. The highest BCUT2D eigenvalue weighted by molar-refractivity contribution is 5.86. The highest BCUT2D eigenvalue weighted by Gasteiger charge is 2.35. The van der Waals surface area contributed by atoms with Gasteiger partial charge in [-0.1, -0.05) is 42.5 Å². The topological polar surface area (TPSA) is 29.5 Å². The summed E-state index contributed by atoms with van der Waals surface area (Å²) in [4.78, 5) is 14.8. The summed E-state index contributed by atoms with van der Waals surface area (Å²) in [6.45, 7) is 2.91. The fourth-order valence-corrected chi connectivity index (χ4v) is 3.14. The molecule has 2 unspecified atom stereocenters. The minimum absolute atomic E-state index is 0.0305. The zero-order valence-electron chi connectivity index (χ0n) is 13.0. The number of benzene rings is 2. The van der Waals surface area contributed by atoms with E-state index in [1.54, 1.807) is 7.11 Å². The third-order valence-electron chi connectivity index (χ3n) is 4.51. The van der Waals surface area contributed by atoms with Gasteiger partial charge >= 0.3 is 0 Å². The second kappa shape index (κ2) is 6.22.